The zero-order valence-corrected chi connectivity index (χ0v) is 15.6. The molecule has 1 aliphatic heterocycles. The minimum atomic E-state index is -0.204. The van der Waals surface area contributed by atoms with E-state index in [1.165, 1.54) is 0 Å². The first-order valence-corrected chi connectivity index (χ1v) is 8.90. The summed E-state index contributed by atoms with van der Waals surface area (Å²) in [5, 5.41) is 2.93. The molecule has 0 saturated carbocycles. The number of nitrogens with one attached hydrogen (secondary N) is 1. The van der Waals surface area contributed by atoms with Crippen LogP contribution in [0.15, 0.2) is 42.5 Å². The smallest absolute Gasteiger partial charge is 0.255 e. The minimum absolute atomic E-state index is 0.0146. The molecule has 1 fully saturated rings. The second-order valence-electron chi connectivity index (χ2n) is 6.95. The zero-order chi connectivity index (χ0) is 18.7. The number of aryl methyl sites for hydroxylation is 2. The molecule has 1 saturated heterocycles. The highest BCUT2D eigenvalue weighted by molar-refractivity contribution is 6.06. The zero-order valence-electron chi connectivity index (χ0n) is 15.6. The lowest BCUT2D eigenvalue weighted by Gasteiger charge is -2.32. The van der Waals surface area contributed by atoms with Crippen LogP contribution in [-0.2, 0) is 0 Å². The topological polar surface area (TPSA) is 52.7 Å². The van der Waals surface area contributed by atoms with Crippen LogP contribution in [0.25, 0.3) is 0 Å². The number of likely N-dealkylation sites (N-methyl/N-ethyl adjacent to an activating group) is 1. The van der Waals surface area contributed by atoms with E-state index in [4.69, 9.17) is 0 Å². The van der Waals surface area contributed by atoms with Crippen molar-refractivity contribution < 1.29 is 9.59 Å². The highest BCUT2D eigenvalue weighted by atomic mass is 16.2. The Bertz CT molecular complexity index is 824. The summed E-state index contributed by atoms with van der Waals surface area (Å²) in [7, 11) is 2.06. The second kappa shape index (κ2) is 7.70. The predicted octanol–water partition coefficient (Wildman–Crippen LogP) is 2.94. The molecule has 0 atom stereocenters. The van der Waals surface area contributed by atoms with Crippen LogP contribution in [0, 0.1) is 13.8 Å². The average molecular weight is 351 g/mol. The Morgan fingerprint density at radius 1 is 0.923 bits per heavy atom. The maximum absolute atomic E-state index is 12.7. The van der Waals surface area contributed by atoms with Crippen LogP contribution in [0.1, 0.15) is 31.8 Å². The van der Waals surface area contributed by atoms with Crippen LogP contribution in [0.2, 0.25) is 0 Å². The standard InChI is InChI=1S/C21H25N3O2/c1-15-7-8-19(16(2)13-15)22-20(25)17-5-4-6-18(14-17)21(26)24-11-9-23(3)10-12-24/h4-8,13-14H,9-12H2,1-3H3,(H,22,25). The maximum Gasteiger partial charge on any atom is 0.255 e. The van der Waals surface area contributed by atoms with E-state index in [0.717, 1.165) is 29.9 Å². The molecule has 5 nitrogen and oxygen atoms in total. The third-order valence-corrected chi connectivity index (χ3v) is 4.79. The van der Waals surface area contributed by atoms with Gasteiger partial charge >= 0.3 is 0 Å². The van der Waals surface area contributed by atoms with Gasteiger partial charge in [-0.2, -0.15) is 0 Å². The van der Waals surface area contributed by atoms with Gasteiger partial charge in [0.25, 0.3) is 11.8 Å². The molecule has 1 aliphatic rings. The van der Waals surface area contributed by atoms with Crippen LogP contribution in [0.5, 0.6) is 0 Å². The maximum atomic E-state index is 12.7. The fourth-order valence-electron chi connectivity index (χ4n) is 3.13. The molecule has 0 spiro atoms. The highest BCUT2D eigenvalue weighted by Crippen LogP contribution is 2.18. The molecule has 2 aromatic rings. The monoisotopic (exact) mass is 351 g/mol. The molecular weight excluding hydrogens is 326 g/mol. The molecule has 0 radical (unpaired) electrons. The van der Waals surface area contributed by atoms with Crippen molar-refractivity contribution in [1.82, 2.24) is 9.80 Å². The number of rotatable bonds is 3. The Balaban J connectivity index is 1.74. The van der Waals surface area contributed by atoms with Gasteiger partial charge in [0, 0.05) is 43.0 Å². The van der Waals surface area contributed by atoms with Crippen LogP contribution < -0.4 is 5.32 Å². The summed E-state index contributed by atoms with van der Waals surface area (Å²) in [6.45, 7) is 7.17. The lowest BCUT2D eigenvalue weighted by Crippen LogP contribution is -2.47. The van der Waals surface area contributed by atoms with E-state index in [1.54, 1.807) is 24.3 Å². The van der Waals surface area contributed by atoms with Gasteiger partial charge in [0.15, 0.2) is 0 Å². The van der Waals surface area contributed by atoms with Gasteiger partial charge in [0.05, 0.1) is 0 Å². The second-order valence-corrected chi connectivity index (χ2v) is 6.95. The van der Waals surface area contributed by atoms with E-state index in [1.807, 2.05) is 36.9 Å². The first-order chi connectivity index (χ1) is 12.4. The molecule has 1 heterocycles. The Hall–Kier alpha value is -2.66. The Morgan fingerprint density at radius 2 is 1.62 bits per heavy atom. The third-order valence-electron chi connectivity index (χ3n) is 4.79. The summed E-state index contributed by atoms with van der Waals surface area (Å²) in [6.07, 6.45) is 0. The normalized spacial score (nSPS) is 15.0. The minimum Gasteiger partial charge on any atom is -0.336 e. The van der Waals surface area contributed by atoms with Crippen LogP contribution in [0.4, 0.5) is 5.69 Å². The average Bonchev–Trinajstić information content (AvgIpc) is 2.64. The summed E-state index contributed by atoms with van der Waals surface area (Å²) in [4.78, 5) is 29.4. The van der Waals surface area contributed by atoms with Crippen LogP contribution in [-0.4, -0.2) is 54.8 Å². The van der Waals surface area contributed by atoms with E-state index in [2.05, 4.69) is 17.3 Å². The van der Waals surface area contributed by atoms with Gasteiger partial charge in [0.2, 0.25) is 0 Å². The number of carbonyl (C=O) groups excluding carboxylic acids is 2. The summed E-state index contributed by atoms with van der Waals surface area (Å²) in [5.41, 5.74) is 4.01. The molecule has 2 amide bonds. The third kappa shape index (κ3) is 4.11. The first-order valence-electron chi connectivity index (χ1n) is 8.90. The quantitative estimate of drug-likeness (QED) is 0.925. The largest absolute Gasteiger partial charge is 0.336 e. The van der Waals surface area contributed by atoms with Crippen molar-refractivity contribution in [2.45, 2.75) is 13.8 Å². The number of nitrogens with zero attached hydrogens (tertiary/aromatic N) is 2. The van der Waals surface area contributed by atoms with Gasteiger partial charge in [-0.15, -0.1) is 0 Å². The molecule has 0 unspecified atom stereocenters. The van der Waals surface area contributed by atoms with Gasteiger partial charge in [0.1, 0.15) is 0 Å². The first kappa shape index (κ1) is 18.1. The number of anilines is 1. The Morgan fingerprint density at radius 3 is 2.31 bits per heavy atom. The van der Waals surface area contributed by atoms with E-state index in [0.29, 0.717) is 24.2 Å². The number of hydrogen-bond donors (Lipinski definition) is 1. The SMILES string of the molecule is Cc1ccc(NC(=O)c2cccc(C(=O)N3CCN(C)CC3)c2)c(C)c1. The molecule has 136 valence electrons. The van der Waals surface area contributed by atoms with E-state index in [-0.39, 0.29) is 11.8 Å². The number of hydrogen-bond acceptors (Lipinski definition) is 3. The van der Waals surface area contributed by atoms with Crippen molar-refractivity contribution in [1.29, 1.82) is 0 Å². The summed E-state index contributed by atoms with van der Waals surface area (Å²) >= 11 is 0. The van der Waals surface area contributed by atoms with Gasteiger partial charge in [-0.05, 0) is 50.7 Å². The van der Waals surface area contributed by atoms with Gasteiger partial charge in [-0.1, -0.05) is 23.8 Å². The van der Waals surface area contributed by atoms with Gasteiger partial charge in [-0.3, -0.25) is 9.59 Å². The predicted molar refractivity (Wildman–Crippen MR) is 104 cm³/mol. The molecule has 5 heteroatoms. The molecule has 3 rings (SSSR count). The fourth-order valence-corrected chi connectivity index (χ4v) is 3.13. The molecule has 0 aromatic heterocycles. The van der Waals surface area contributed by atoms with E-state index in [9.17, 15) is 9.59 Å². The Labute approximate surface area is 154 Å². The Kier molecular flexibility index (Phi) is 5.38. The van der Waals surface area contributed by atoms with Crippen LogP contribution >= 0.6 is 0 Å². The summed E-state index contributed by atoms with van der Waals surface area (Å²) in [6, 6.07) is 12.9. The molecular formula is C21H25N3O2. The van der Waals surface area contributed by atoms with Crippen molar-refractivity contribution in [3.63, 3.8) is 0 Å². The van der Waals surface area contributed by atoms with E-state index < -0.39 is 0 Å². The fraction of sp³-hybridized carbons (Fsp3) is 0.333. The van der Waals surface area contributed by atoms with Gasteiger partial charge in [-0.25, -0.2) is 0 Å². The number of piperazine rings is 1. The van der Waals surface area contributed by atoms with Crippen molar-refractivity contribution >= 4 is 17.5 Å². The van der Waals surface area contributed by atoms with Crippen molar-refractivity contribution in [2.24, 2.45) is 0 Å². The summed E-state index contributed by atoms with van der Waals surface area (Å²) in [5.74, 6) is -0.218. The number of amides is 2. The lowest BCUT2D eigenvalue weighted by molar-refractivity contribution is 0.0664. The van der Waals surface area contributed by atoms with Crippen molar-refractivity contribution in [3.8, 4) is 0 Å². The number of carbonyl (C=O) groups is 2. The van der Waals surface area contributed by atoms with Crippen LogP contribution in [0.3, 0.4) is 0 Å². The lowest BCUT2D eigenvalue weighted by atomic mass is 10.1. The molecule has 1 N–H and O–H groups in total. The summed E-state index contributed by atoms with van der Waals surface area (Å²) < 4.78 is 0. The van der Waals surface area contributed by atoms with E-state index >= 15 is 0 Å². The van der Waals surface area contributed by atoms with Gasteiger partial charge < -0.3 is 15.1 Å². The molecule has 0 aliphatic carbocycles. The molecule has 0 bridgehead atoms. The van der Waals surface area contributed by atoms with Crippen molar-refractivity contribution in [3.05, 3.63) is 64.7 Å². The van der Waals surface area contributed by atoms with Crippen molar-refractivity contribution in [2.75, 3.05) is 38.5 Å². The highest BCUT2D eigenvalue weighted by Gasteiger charge is 2.21. The molecule has 26 heavy (non-hydrogen) atoms. The molecule has 2 aromatic carbocycles. The number of benzene rings is 2.